The zero-order valence-electron chi connectivity index (χ0n) is 11.4. The lowest BCUT2D eigenvalue weighted by Crippen LogP contribution is -2.15. The summed E-state index contributed by atoms with van der Waals surface area (Å²) >= 11 is 11.7. The minimum Gasteiger partial charge on any atom is -0.481 e. The normalized spacial score (nSPS) is 10.1. The van der Waals surface area contributed by atoms with E-state index in [-0.39, 0.29) is 13.2 Å². The van der Waals surface area contributed by atoms with Crippen molar-refractivity contribution >= 4 is 35.5 Å². The van der Waals surface area contributed by atoms with Gasteiger partial charge in [-0.1, -0.05) is 41.4 Å². The molecule has 0 atom stereocenters. The Balaban J connectivity index is 1.85. The first-order valence-corrected chi connectivity index (χ1v) is 7.12. The van der Waals surface area contributed by atoms with Gasteiger partial charge in [0.1, 0.15) is 12.4 Å². The molecule has 0 aliphatic rings. The van der Waals surface area contributed by atoms with Crippen LogP contribution in [0.4, 0.5) is 0 Å². The summed E-state index contributed by atoms with van der Waals surface area (Å²) in [4.78, 5) is 22.5. The third-order valence-electron chi connectivity index (χ3n) is 2.78. The second-order valence-corrected chi connectivity index (χ2v) is 5.17. The summed E-state index contributed by atoms with van der Waals surface area (Å²) < 4.78 is 10.3. The Hall–Kier alpha value is -2.04. The summed E-state index contributed by atoms with van der Waals surface area (Å²) in [5.41, 5.74) is 1.09. The smallest absolute Gasteiger partial charge is 0.344 e. The van der Waals surface area contributed by atoms with Gasteiger partial charge >= 0.3 is 5.97 Å². The Labute approximate surface area is 137 Å². The molecule has 0 aromatic heterocycles. The SMILES string of the molecule is O=Cc1ccccc1OCC(=O)OCc1ccc(Cl)c(Cl)c1. The van der Waals surface area contributed by atoms with Gasteiger partial charge in [0, 0.05) is 0 Å². The van der Waals surface area contributed by atoms with Crippen LogP contribution in [0.5, 0.6) is 5.75 Å². The summed E-state index contributed by atoms with van der Waals surface area (Å²) in [5, 5.41) is 0.830. The van der Waals surface area contributed by atoms with Gasteiger partial charge in [-0.15, -0.1) is 0 Å². The molecular weight excluding hydrogens is 327 g/mol. The van der Waals surface area contributed by atoms with Crippen LogP contribution >= 0.6 is 23.2 Å². The predicted molar refractivity (Wildman–Crippen MR) is 83.6 cm³/mol. The lowest BCUT2D eigenvalue weighted by molar-refractivity contribution is -0.147. The van der Waals surface area contributed by atoms with Crippen LogP contribution in [0, 0.1) is 0 Å². The van der Waals surface area contributed by atoms with Gasteiger partial charge in [0.15, 0.2) is 12.9 Å². The van der Waals surface area contributed by atoms with E-state index in [9.17, 15) is 9.59 Å². The molecule has 2 aromatic carbocycles. The molecule has 0 aliphatic heterocycles. The summed E-state index contributed by atoms with van der Waals surface area (Å²) in [7, 11) is 0. The highest BCUT2D eigenvalue weighted by Crippen LogP contribution is 2.23. The number of rotatable bonds is 6. The average molecular weight is 339 g/mol. The van der Waals surface area contributed by atoms with E-state index in [1.807, 2.05) is 0 Å². The standard InChI is InChI=1S/C16H12Cl2O4/c17-13-6-5-11(7-14(13)18)9-22-16(20)10-21-15-4-2-1-3-12(15)8-19/h1-8H,9-10H2. The molecule has 0 saturated carbocycles. The first-order chi connectivity index (χ1) is 10.6. The number of para-hydroxylation sites is 1. The van der Waals surface area contributed by atoms with Gasteiger partial charge in [0.2, 0.25) is 0 Å². The maximum Gasteiger partial charge on any atom is 0.344 e. The zero-order valence-corrected chi connectivity index (χ0v) is 12.9. The van der Waals surface area contributed by atoms with E-state index in [1.165, 1.54) is 0 Å². The van der Waals surface area contributed by atoms with Crippen LogP contribution < -0.4 is 4.74 Å². The number of benzene rings is 2. The van der Waals surface area contributed by atoms with Crippen LogP contribution in [0.3, 0.4) is 0 Å². The molecule has 2 rings (SSSR count). The second-order valence-electron chi connectivity index (χ2n) is 4.35. The van der Waals surface area contributed by atoms with Crippen molar-refractivity contribution in [2.45, 2.75) is 6.61 Å². The van der Waals surface area contributed by atoms with Gasteiger partial charge in [0.25, 0.3) is 0 Å². The lowest BCUT2D eigenvalue weighted by Gasteiger charge is -2.09. The van der Waals surface area contributed by atoms with E-state index in [4.69, 9.17) is 32.7 Å². The number of esters is 1. The molecule has 4 nitrogen and oxygen atoms in total. The first-order valence-electron chi connectivity index (χ1n) is 6.36. The highest BCUT2D eigenvalue weighted by molar-refractivity contribution is 6.42. The van der Waals surface area contributed by atoms with E-state index in [1.54, 1.807) is 42.5 Å². The van der Waals surface area contributed by atoms with E-state index in [0.29, 0.717) is 27.6 Å². The highest BCUT2D eigenvalue weighted by atomic mass is 35.5. The van der Waals surface area contributed by atoms with Gasteiger partial charge in [-0.3, -0.25) is 4.79 Å². The number of hydrogen-bond donors (Lipinski definition) is 0. The third kappa shape index (κ3) is 4.48. The van der Waals surface area contributed by atoms with Crippen molar-refractivity contribution in [3.8, 4) is 5.75 Å². The molecule has 0 fully saturated rings. The largest absolute Gasteiger partial charge is 0.481 e. The van der Waals surface area contributed by atoms with Crippen LogP contribution in [-0.4, -0.2) is 18.9 Å². The van der Waals surface area contributed by atoms with Crippen molar-refractivity contribution in [1.82, 2.24) is 0 Å². The molecule has 6 heteroatoms. The van der Waals surface area contributed by atoms with Crippen molar-refractivity contribution in [3.05, 3.63) is 63.6 Å². The molecule has 0 heterocycles. The zero-order chi connectivity index (χ0) is 15.9. The van der Waals surface area contributed by atoms with Crippen LogP contribution in [0.1, 0.15) is 15.9 Å². The molecule has 0 amide bonds. The van der Waals surface area contributed by atoms with Gasteiger partial charge in [-0.05, 0) is 29.8 Å². The van der Waals surface area contributed by atoms with Gasteiger partial charge < -0.3 is 9.47 Å². The molecule has 0 radical (unpaired) electrons. The predicted octanol–water partition coefficient (Wildman–Crippen LogP) is 3.93. The van der Waals surface area contributed by atoms with Gasteiger partial charge in [0.05, 0.1) is 15.6 Å². The molecule has 0 N–H and O–H groups in total. The molecule has 0 aliphatic carbocycles. The maximum atomic E-state index is 11.6. The van der Waals surface area contributed by atoms with Gasteiger partial charge in [-0.25, -0.2) is 4.79 Å². The Morgan fingerprint density at radius 3 is 2.59 bits per heavy atom. The summed E-state index contributed by atoms with van der Waals surface area (Å²) in [5.74, 6) is -0.212. The fraction of sp³-hybridized carbons (Fsp3) is 0.125. The number of hydrogen-bond acceptors (Lipinski definition) is 4. The monoisotopic (exact) mass is 338 g/mol. The first kappa shape index (κ1) is 16.3. The molecule has 2 aromatic rings. The molecule has 0 unspecified atom stereocenters. The van der Waals surface area contributed by atoms with Crippen molar-refractivity contribution in [2.24, 2.45) is 0 Å². The lowest BCUT2D eigenvalue weighted by atomic mass is 10.2. The van der Waals surface area contributed by atoms with Crippen LogP contribution in [0.15, 0.2) is 42.5 Å². The average Bonchev–Trinajstić information content (AvgIpc) is 2.54. The van der Waals surface area contributed by atoms with Crippen molar-refractivity contribution in [1.29, 1.82) is 0 Å². The summed E-state index contributed by atoms with van der Waals surface area (Å²) in [6.07, 6.45) is 0.663. The molecule has 22 heavy (non-hydrogen) atoms. The molecule has 0 spiro atoms. The molecular formula is C16H12Cl2O4. The minimum absolute atomic E-state index is 0.0639. The second kappa shape index (κ2) is 7.82. The number of halogens is 2. The van der Waals surface area contributed by atoms with Crippen LogP contribution in [0.2, 0.25) is 10.0 Å². The fourth-order valence-electron chi connectivity index (χ4n) is 1.68. The van der Waals surface area contributed by atoms with E-state index in [2.05, 4.69) is 0 Å². The van der Waals surface area contributed by atoms with Crippen LogP contribution in [0.25, 0.3) is 0 Å². The Kier molecular flexibility index (Phi) is 5.81. The topological polar surface area (TPSA) is 52.6 Å². The summed E-state index contributed by atoms with van der Waals surface area (Å²) in [6.45, 7) is -0.222. The number of ether oxygens (including phenoxy) is 2. The third-order valence-corrected chi connectivity index (χ3v) is 3.51. The van der Waals surface area contributed by atoms with Crippen LogP contribution in [-0.2, 0) is 16.1 Å². The van der Waals surface area contributed by atoms with Crippen molar-refractivity contribution < 1.29 is 19.1 Å². The number of carbonyl (C=O) groups is 2. The van der Waals surface area contributed by atoms with Gasteiger partial charge in [-0.2, -0.15) is 0 Å². The fourth-order valence-corrected chi connectivity index (χ4v) is 2.00. The Bertz CT molecular complexity index is 686. The van der Waals surface area contributed by atoms with Crippen molar-refractivity contribution in [3.63, 3.8) is 0 Å². The van der Waals surface area contributed by atoms with E-state index < -0.39 is 5.97 Å². The highest BCUT2D eigenvalue weighted by Gasteiger charge is 2.08. The summed E-state index contributed by atoms with van der Waals surface area (Å²) in [6, 6.07) is 11.6. The Morgan fingerprint density at radius 1 is 1.09 bits per heavy atom. The molecule has 0 bridgehead atoms. The van der Waals surface area contributed by atoms with E-state index >= 15 is 0 Å². The Morgan fingerprint density at radius 2 is 1.86 bits per heavy atom. The number of carbonyl (C=O) groups excluding carboxylic acids is 2. The van der Waals surface area contributed by atoms with E-state index in [0.717, 1.165) is 5.56 Å². The minimum atomic E-state index is -0.549. The molecule has 0 saturated heterocycles. The molecule has 114 valence electrons. The number of aldehydes is 1. The van der Waals surface area contributed by atoms with Crippen molar-refractivity contribution in [2.75, 3.05) is 6.61 Å². The quantitative estimate of drug-likeness (QED) is 0.591. The maximum absolute atomic E-state index is 11.6.